The van der Waals surface area contributed by atoms with Crippen LogP contribution in [0.25, 0.3) is 11.0 Å². The van der Waals surface area contributed by atoms with Crippen molar-refractivity contribution in [3.63, 3.8) is 0 Å². The average Bonchev–Trinajstić information content (AvgIpc) is 3.57. The van der Waals surface area contributed by atoms with Crippen molar-refractivity contribution in [2.45, 2.75) is 32.1 Å². The van der Waals surface area contributed by atoms with Gasteiger partial charge in [-0.05, 0) is 49.2 Å². The Hall–Kier alpha value is -3.94. The summed E-state index contributed by atoms with van der Waals surface area (Å²) in [6, 6.07) is 13.1. The number of nitrogens with zero attached hydrogens (tertiary/aromatic N) is 2. The van der Waals surface area contributed by atoms with E-state index in [2.05, 4.69) is 4.90 Å². The van der Waals surface area contributed by atoms with Crippen LogP contribution < -0.4 is 14.9 Å². The number of para-hydroxylation sites is 1. The Bertz CT molecular complexity index is 1600. The second kappa shape index (κ2) is 15.8. The van der Waals surface area contributed by atoms with Crippen LogP contribution in [0.4, 0.5) is 0 Å². The molecule has 0 bridgehead atoms. The zero-order chi connectivity index (χ0) is 32.6. The van der Waals surface area contributed by atoms with Crippen LogP contribution in [0.3, 0.4) is 0 Å². The topological polar surface area (TPSA) is 129 Å². The van der Waals surface area contributed by atoms with Gasteiger partial charge in [0.05, 0.1) is 38.1 Å². The summed E-state index contributed by atoms with van der Waals surface area (Å²) in [5.74, 6) is 0.611. The Morgan fingerprint density at radius 3 is 2.57 bits per heavy atom. The molecule has 252 valence electrons. The fourth-order valence-electron chi connectivity index (χ4n) is 6.28. The summed E-state index contributed by atoms with van der Waals surface area (Å²) in [7, 11) is 0. The molecule has 0 radical (unpaired) electrons. The minimum Gasteiger partial charge on any atom is -0.464 e. The maximum absolute atomic E-state index is 13.9. The summed E-state index contributed by atoms with van der Waals surface area (Å²) in [6.07, 6.45) is 2.97. The van der Waals surface area contributed by atoms with Crippen LogP contribution in [0, 0.1) is 5.92 Å². The third-order valence-electron chi connectivity index (χ3n) is 8.70. The lowest BCUT2D eigenvalue weighted by Gasteiger charge is -2.39. The molecule has 1 N–H and O–H groups in total. The molecule has 1 amide bonds. The molecule has 4 heterocycles. The molecule has 3 aliphatic rings. The predicted octanol–water partition coefficient (Wildman–Crippen LogP) is 3.26. The van der Waals surface area contributed by atoms with Crippen molar-refractivity contribution in [1.82, 2.24) is 9.80 Å². The molecule has 3 atom stereocenters. The number of piperazine rings is 1. The number of aliphatic hydroxyl groups excluding tert-OH is 1. The molecule has 0 spiro atoms. The van der Waals surface area contributed by atoms with Crippen molar-refractivity contribution in [1.29, 1.82) is 0 Å². The van der Waals surface area contributed by atoms with Gasteiger partial charge in [0.15, 0.2) is 22.7 Å². The molecule has 0 saturated carbocycles. The van der Waals surface area contributed by atoms with Gasteiger partial charge in [0.2, 0.25) is 13.1 Å². The van der Waals surface area contributed by atoms with Gasteiger partial charge in [-0.25, -0.2) is 0 Å². The van der Waals surface area contributed by atoms with Crippen LogP contribution in [-0.4, -0.2) is 99.7 Å². The quantitative estimate of drug-likeness (QED) is 0.258. The smallest absolute Gasteiger partial charge is 0.288 e. The number of carbonyl (C=O) groups is 1. The molecule has 1 aromatic heterocycles. The van der Waals surface area contributed by atoms with Crippen LogP contribution in [0.2, 0.25) is 0 Å². The number of rotatable bonds is 14. The van der Waals surface area contributed by atoms with E-state index in [0.717, 1.165) is 23.6 Å². The van der Waals surface area contributed by atoms with Crippen LogP contribution >= 0.6 is 0 Å². The van der Waals surface area contributed by atoms with Gasteiger partial charge in [-0.15, -0.1) is 0 Å². The van der Waals surface area contributed by atoms with Crippen molar-refractivity contribution in [3.05, 3.63) is 81.9 Å². The number of aliphatic hydroxyl groups is 1. The van der Waals surface area contributed by atoms with Gasteiger partial charge in [0.25, 0.3) is 5.91 Å². The van der Waals surface area contributed by atoms with E-state index in [4.69, 9.17) is 37.9 Å². The summed E-state index contributed by atoms with van der Waals surface area (Å²) < 4.78 is 40.3. The van der Waals surface area contributed by atoms with Crippen LogP contribution in [0.1, 0.15) is 30.4 Å². The van der Waals surface area contributed by atoms with Gasteiger partial charge >= 0.3 is 0 Å². The minimum absolute atomic E-state index is 0.0459. The van der Waals surface area contributed by atoms with E-state index in [0.29, 0.717) is 75.6 Å². The molecule has 1 fully saturated rings. The predicted molar refractivity (Wildman–Crippen MR) is 171 cm³/mol. The third kappa shape index (κ3) is 7.79. The van der Waals surface area contributed by atoms with Crippen LogP contribution in [0.5, 0.6) is 11.5 Å². The molecule has 1 saturated heterocycles. The van der Waals surface area contributed by atoms with Gasteiger partial charge < -0.3 is 42.8 Å². The number of allylic oxidation sites excluding steroid dienone is 1. The van der Waals surface area contributed by atoms with Crippen molar-refractivity contribution in [2.24, 2.45) is 5.92 Å². The highest BCUT2D eigenvalue weighted by Crippen LogP contribution is 2.39. The highest BCUT2D eigenvalue weighted by Gasteiger charge is 2.40. The van der Waals surface area contributed by atoms with Gasteiger partial charge in [0.1, 0.15) is 5.58 Å². The Kier molecular flexibility index (Phi) is 11.1. The first-order valence-corrected chi connectivity index (χ1v) is 16.2. The van der Waals surface area contributed by atoms with E-state index in [1.165, 1.54) is 6.26 Å². The third-order valence-corrected chi connectivity index (χ3v) is 8.70. The van der Waals surface area contributed by atoms with E-state index >= 15 is 0 Å². The lowest BCUT2D eigenvalue weighted by molar-refractivity contribution is -0.172. The fraction of sp³-hybridized carbons (Fsp3) is 0.486. The van der Waals surface area contributed by atoms with Crippen molar-refractivity contribution < 1.29 is 42.7 Å². The van der Waals surface area contributed by atoms with Crippen LogP contribution in [-0.2, 0) is 30.3 Å². The maximum atomic E-state index is 13.9. The van der Waals surface area contributed by atoms with Gasteiger partial charge in [-0.3, -0.25) is 14.5 Å². The normalized spacial score (nSPS) is 21.1. The second-order valence-corrected chi connectivity index (χ2v) is 11.7. The zero-order valence-corrected chi connectivity index (χ0v) is 26.6. The molecule has 12 nitrogen and oxygen atoms in total. The van der Waals surface area contributed by atoms with E-state index < -0.39 is 12.2 Å². The van der Waals surface area contributed by atoms with Crippen LogP contribution in [0.15, 0.2) is 69.8 Å². The first-order valence-electron chi connectivity index (χ1n) is 16.2. The maximum Gasteiger partial charge on any atom is 0.288 e. The molecule has 3 aromatic rings. The summed E-state index contributed by atoms with van der Waals surface area (Å²) in [5, 5.41) is 9.38. The number of hydrogen-bond acceptors (Lipinski definition) is 11. The number of benzene rings is 2. The highest BCUT2D eigenvalue weighted by atomic mass is 16.7. The largest absolute Gasteiger partial charge is 0.464 e. The van der Waals surface area contributed by atoms with E-state index in [-0.39, 0.29) is 43.0 Å². The summed E-state index contributed by atoms with van der Waals surface area (Å²) in [5.41, 5.74) is 1.90. The SMILES string of the molecule is CCO[C@H]1OC(C(=O)N2CCN(Cc3ccc4c(c3)OCO4)CC2)=C[C@@H](c2coc3ccccc3c2=O)[C@H]1CCOCCOCCO. The number of amides is 1. The second-order valence-electron chi connectivity index (χ2n) is 11.7. The molecular weight excluding hydrogens is 608 g/mol. The number of fused-ring (bicyclic) bond motifs is 2. The molecule has 47 heavy (non-hydrogen) atoms. The Morgan fingerprint density at radius 1 is 0.979 bits per heavy atom. The number of carbonyl (C=O) groups excluding carboxylic acids is 1. The Morgan fingerprint density at radius 2 is 1.77 bits per heavy atom. The lowest BCUT2D eigenvalue weighted by Crippen LogP contribution is -2.50. The molecule has 12 heteroatoms. The number of hydrogen-bond donors (Lipinski definition) is 1. The van der Waals surface area contributed by atoms with E-state index in [1.54, 1.807) is 29.2 Å². The van der Waals surface area contributed by atoms with E-state index in [9.17, 15) is 9.59 Å². The van der Waals surface area contributed by atoms with Crippen molar-refractivity contribution >= 4 is 16.9 Å². The molecule has 2 aromatic carbocycles. The molecular formula is C35H42N2O10. The lowest BCUT2D eigenvalue weighted by atomic mass is 9.81. The fourth-order valence-corrected chi connectivity index (χ4v) is 6.28. The molecule has 0 unspecified atom stereocenters. The Balaban J connectivity index is 1.18. The minimum atomic E-state index is -0.777. The summed E-state index contributed by atoms with van der Waals surface area (Å²) >= 11 is 0. The molecule has 3 aliphatic heterocycles. The summed E-state index contributed by atoms with van der Waals surface area (Å²) in [6.45, 7) is 6.94. The van der Waals surface area contributed by atoms with Gasteiger partial charge in [-0.2, -0.15) is 0 Å². The van der Waals surface area contributed by atoms with Crippen molar-refractivity contribution in [3.8, 4) is 11.5 Å². The monoisotopic (exact) mass is 650 g/mol. The Labute approximate surface area is 273 Å². The standard InChI is InChI=1S/C35H42N2O10/c1-2-43-35-25(9-15-41-17-18-42-16-14-38)27(28-22-44-29-6-4-3-5-26(29)33(28)39)20-32(47-35)34(40)37-12-10-36(11-13-37)21-24-7-8-30-31(19-24)46-23-45-30/h3-8,19-20,22,25,27,35,38H,2,9-18,21,23H2,1H3/t25-,27-,35+/m1/s1. The van der Waals surface area contributed by atoms with Gasteiger partial charge in [0, 0.05) is 63.3 Å². The highest BCUT2D eigenvalue weighted by molar-refractivity contribution is 5.92. The van der Waals surface area contributed by atoms with Crippen molar-refractivity contribution in [2.75, 3.05) is 72.6 Å². The number of ether oxygens (including phenoxy) is 6. The van der Waals surface area contributed by atoms with Gasteiger partial charge in [-0.1, -0.05) is 18.2 Å². The molecule has 6 rings (SSSR count). The van der Waals surface area contributed by atoms with E-state index in [1.807, 2.05) is 31.2 Å². The summed E-state index contributed by atoms with van der Waals surface area (Å²) in [4.78, 5) is 31.8. The zero-order valence-electron chi connectivity index (χ0n) is 26.6. The first-order chi connectivity index (χ1) is 23.1. The average molecular weight is 651 g/mol. The molecule has 0 aliphatic carbocycles. The first kappa shape index (κ1) is 33.0.